The van der Waals surface area contributed by atoms with Crippen LogP contribution in [0.4, 0.5) is 0 Å². The van der Waals surface area contributed by atoms with Crippen LogP contribution in [-0.2, 0) is 11.3 Å². The van der Waals surface area contributed by atoms with Gasteiger partial charge in [-0.2, -0.15) is 5.10 Å². The highest BCUT2D eigenvalue weighted by atomic mass is 35.5. The summed E-state index contributed by atoms with van der Waals surface area (Å²) >= 11 is 5.96. The summed E-state index contributed by atoms with van der Waals surface area (Å²) in [5.74, 6) is 0.275. The van der Waals surface area contributed by atoms with E-state index in [2.05, 4.69) is 5.10 Å². The number of halogens is 1. The van der Waals surface area contributed by atoms with Gasteiger partial charge in [0.15, 0.2) is 5.69 Å². The average Bonchev–Trinajstić information content (AvgIpc) is 3.10. The molecule has 0 amide bonds. The molecule has 0 saturated carbocycles. The van der Waals surface area contributed by atoms with Crippen LogP contribution >= 0.6 is 11.6 Å². The molecule has 3 aromatic rings. The van der Waals surface area contributed by atoms with Gasteiger partial charge in [0.2, 0.25) is 0 Å². The van der Waals surface area contributed by atoms with Crippen LogP contribution < -0.4 is 4.74 Å². The summed E-state index contributed by atoms with van der Waals surface area (Å²) in [4.78, 5) is 12.1. The largest absolute Gasteiger partial charge is 0.497 e. The van der Waals surface area contributed by atoms with Crippen molar-refractivity contribution in [3.63, 3.8) is 0 Å². The van der Waals surface area contributed by atoms with E-state index in [0.717, 1.165) is 17.0 Å². The normalized spacial score (nSPS) is 10.4. The summed E-state index contributed by atoms with van der Waals surface area (Å²) in [6, 6.07) is 16.1. The highest BCUT2D eigenvalue weighted by Gasteiger charge is 2.12. The number of rotatable bonds is 5. The molecule has 0 fully saturated rings. The van der Waals surface area contributed by atoms with Crippen LogP contribution in [0.5, 0.6) is 5.75 Å². The molecule has 0 unspecified atom stereocenters. The van der Waals surface area contributed by atoms with E-state index >= 15 is 0 Å². The molecule has 1 aromatic heterocycles. The van der Waals surface area contributed by atoms with E-state index in [1.54, 1.807) is 36.2 Å². The van der Waals surface area contributed by atoms with Gasteiger partial charge in [0.25, 0.3) is 0 Å². The first-order chi connectivity index (χ1) is 11.7. The van der Waals surface area contributed by atoms with E-state index in [4.69, 9.17) is 21.1 Å². The molecule has 0 radical (unpaired) electrons. The molecule has 0 spiro atoms. The fourth-order valence-electron chi connectivity index (χ4n) is 2.14. The molecule has 0 aliphatic heterocycles. The SMILES string of the molecule is COc1ccc(COC(=O)c2ccn(-c3cccc(Cl)c3)n2)cc1. The van der Waals surface area contributed by atoms with Crippen molar-refractivity contribution >= 4 is 17.6 Å². The Bertz CT molecular complexity index is 843. The Morgan fingerprint density at radius 1 is 1.17 bits per heavy atom. The molecule has 3 rings (SSSR count). The predicted octanol–water partition coefficient (Wildman–Crippen LogP) is 3.89. The zero-order valence-corrected chi connectivity index (χ0v) is 13.7. The number of carbonyl (C=O) groups is 1. The van der Waals surface area contributed by atoms with Gasteiger partial charge in [-0.1, -0.05) is 29.8 Å². The third-order valence-electron chi connectivity index (χ3n) is 3.40. The number of hydrogen-bond acceptors (Lipinski definition) is 4. The van der Waals surface area contributed by atoms with Crippen LogP contribution in [0.2, 0.25) is 5.02 Å². The predicted molar refractivity (Wildman–Crippen MR) is 90.7 cm³/mol. The first-order valence-corrected chi connectivity index (χ1v) is 7.65. The van der Waals surface area contributed by atoms with Crippen LogP contribution in [0.15, 0.2) is 60.8 Å². The number of nitrogens with zero attached hydrogens (tertiary/aromatic N) is 2. The molecule has 0 bridgehead atoms. The van der Waals surface area contributed by atoms with Gasteiger partial charge in [-0.25, -0.2) is 9.48 Å². The average molecular weight is 343 g/mol. The molecule has 24 heavy (non-hydrogen) atoms. The second-order valence-corrected chi connectivity index (χ2v) is 5.49. The van der Waals surface area contributed by atoms with E-state index < -0.39 is 5.97 Å². The lowest BCUT2D eigenvalue weighted by Gasteiger charge is -2.05. The molecular formula is C18H15ClN2O3. The molecule has 6 heteroatoms. The second-order valence-electron chi connectivity index (χ2n) is 5.05. The third-order valence-corrected chi connectivity index (χ3v) is 3.64. The lowest BCUT2D eigenvalue weighted by Crippen LogP contribution is -2.07. The Hall–Kier alpha value is -2.79. The van der Waals surface area contributed by atoms with E-state index in [-0.39, 0.29) is 12.3 Å². The van der Waals surface area contributed by atoms with Gasteiger partial charge in [-0.15, -0.1) is 0 Å². The third kappa shape index (κ3) is 3.75. The Morgan fingerprint density at radius 2 is 1.96 bits per heavy atom. The van der Waals surface area contributed by atoms with Crippen molar-refractivity contribution in [1.82, 2.24) is 9.78 Å². The molecule has 0 atom stereocenters. The molecule has 2 aromatic carbocycles. The van der Waals surface area contributed by atoms with Crippen molar-refractivity contribution in [1.29, 1.82) is 0 Å². The molecule has 0 aliphatic carbocycles. The summed E-state index contributed by atoms with van der Waals surface area (Å²) in [6.45, 7) is 0.173. The summed E-state index contributed by atoms with van der Waals surface area (Å²) in [5.41, 5.74) is 1.89. The van der Waals surface area contributed by atoms with Gasteiger partial charge in [0, 0.05) is 11.2 Å². The summed E-state index contributed by atoms with van der Waals surface area (Å²) in [7, 11) is 1.60. The van der Waals surface area contributed by atoms with Crippen molar-refractivity contribution in [2.24, 2.45) is 0 Å². The molecule has 122 valence electrons. The maximum absolute atomic E-state index is 12.1. The second kappa shape index (κ2) is 7.19. The standard InChI is InChI=1S/C18H15ClN2O3/c1-23-16-7-5-13(6-8-16)12-24-18(22)17-9-10-21(20-17)15-4-2-3-14(19)11-15/h2-11H,12H2,1H3. The highest BCUT2D eigenvalue weighted by Crippen LogP contribution is 2.15. The van der Waals surface area contributed by atoms with Crippen molar-refractivity contribution in [3.8, 4) is 11.4 Å². The maximum atomic E-state index is 12.1. The van der Waals surface area contributed by atoms with Gasteiger partial charge >= 0.3 is 5.97 Å². The van der Waals surface area contributed by atoms with Crippen LogP contribution in [0.3, 0.4) is 0 Å². The number of benzene rings is 2. The van der Waals surface area contributed by atoms with Crippen molar-refractivity contribution in [2.45, 2.75) is 6.61 Å². The van der Waals surface area contributed by atoms with Gasteiger partial charge in [0.05, 0.1) is 12.8 Å². The van der Waals surface area contributed by atoms with E-state index in [1.165, 1.54) is 0 Å². The van der Waals surface area contributed by atoms with E-state index in [9.17, 15) is 4.79 Å². The van der Waals surface area contributed by atoms with Crippen LogP contribution in [0.1, 0.15) is 16.1 Å². The minimum atomic E-state index is -0.480. The summed E-state index contributed by atoms with van der Waals surface area (Å²) in [6.07, 6.45) is 1.69. The number of esters is 1. The summed E-state index contributed by atoms with van der Waals surface area (Å²) < 4.78 is 11.9. The highest BCUT2D eigenvalue weighted by molar-refractivity contribution is 6.30. The molecule has 5 nitrogen and oxygen atoms in total. The maximum Gasteiger partial charge on any atom is 0.359 e. The van der Waals surface area contributed by atoms with Crippen LogP contribution in [0, 0.1) is 0 Å². The van der Waals surface area contributed by atoms with Gasteiger partial charge in [-0.05, 0) is 42.0 Å². The smallest absolute Gasteiger partial charge is 0.359 e. The van der Waals surface area contributed by atoms with Crippen LogP contribution in [-0.4, -0.2) is 22.9 Å². The fraction of sp³-hybridized carbons (Fsp3) is 0.111. The van der Waals surface area contributed by atoms with Gasteiger partial charge < -0.3 is 9.47 Å². The zero-order valence-electron chi connectivity index (χ0n) is 13.0. The fourth-order valence-corrected chi connectivity index (χ4v) is 2.32. The minimum absolute atomic E-state index is 0.173. The topological polar surface area (TPSA) is 53.4 Å². The molecule has 0 aliphatic rings. The molecule has 0 N–H and O–H groups in total. The van der Waals surface area contributed by atoms with E-state index in [1.807, 2.05) is 36.4 Å². The Kier molecular flexibility index (Phi) is 4.82. The quantitative estimate of drug-likeness (QED) is 0.660. The minimum Gasteiger partial charge on any atom is -0.497 e. The zero-order chi connectivity index (χ0) is 16.9. The Balaban J connectivity index is 1.65. The van der Waals surface area contributed by atoms with Gasteiger partial charge in [0.1, 0.15) is 12.4 Å². The first kappa shape index (κ1) is 16.1. The number of carbonyl (C=O) groups excluding carboxylic acids is 1. The molecule has 1 heterocycles. The van der Waals surface area contributed by atoms with Crippen molar-refractivity contribution in [2.75, 3.05) is 7.11 Å². The van der Waals surface area contributed by atoms with Crippen LogP contribution in [0.25, 0.3) is 5.69 Å². The monoisotopic (exact) mass is 342 g/mol. The molecule has 0 saturated heterocycles. The number of methoxy groups -OCH3 is 1. The first-order valence-electron chi connectivity index (χ1n) is 7.27. The lowest BCUT2D eigenvalue weighted by molar-refractivity contribution is 0.0465. The van der Waals surface area contributed by atoms with Crippen molar-refractivity contribution < 1.29 is 14.3 Å². The van der Waals surface area contributed by atoms with Gasteiger partial charge in [-0.3, -0.25) is 0 Å². The van der Waals surface area contributed by atoms with Crippen molar-refractivity contribution in [3.05, 3.63) is 77.1 Å². The Labute approximate surface area is 144 Å². The summed E-state index contributed by atoms with van der Waals surface area (Å²) in [5, 5.41) is 4.83. The number of hydrogen-bond donors (Lipinski definition) is 0. The lowest BCUT2D eigenvalue weighted by atomic mass is 10.2. The number of aromatic nitrogens is 2. The Morgan fingerprint density at radius 3 is 2.67 bits per heavy atom. The molecular weight excluding hydrogens is 328 g/mol. The van der Waals surface area contributed by atoms with E-state index in [0.29, 0.717) is 5.02 Å². The number of ether oxygens (including phenoxy) is 2.